The van der Waals surface area contributed by atoms with Gasteiger partial charge in [-0.15, -0.1) is 0 Å². The van der Waals surface area contributed by atoms with Crippen molar-refractivity contribution in [2.24, 2.45) is 0 Å². The molecule has 0 radical (unpaired) electrons. The lowest BCUT2D eigenvalue weighted by molar-refractivity contribution is -0.387. The molecule has 20 heavy (non-hydrogen) atoms. The van der Waals surface area contributed by atoms with Gasteiger partial charge in [-0.05, 0) is 13.1 Å². The van der Waals surface area contributed by atoms with Crippen molar-refractivity contribution < 1.29 is 18.5 Å². The third kappa shape index (κ3) is 2.60. The molecule has 0 aliphatic carbocycles. The molecular weight excluding hydrogens is 272 g/mol. The van der Waals surface area contributed by atoms with E-state index in [0.717, 1.165) is 6.07 Å². The molecule has 1 aromatic carbocycles. The van der Waals surface area contributed by atoms with Crippen LogP contribution in [0.2, 0.25) is 0 Å². The molecule has 0 spiro atoms. The summed E-state index contributed by atoms with van der Waals surface area (Å²) in [6, 6.07) is 1.45. The van der Waals surface area contributed by atoms with Crippen LogP contribution in [0.25, 0.3) is 0 Å². The topological polar surface area (TPSA) is 66.7 Å². The summed E-state index contributed by atoms with van der Waals surface area (Å²) >= 11 is 0. The molecule has 0 saturated carbocycles. The second kappa shape index (κ2) is 5.49. The van der Waals surface area contributed by atoms with Gasteiger partial charge in [0.2, 0.25) is 5.82 Å². The minimum absolute atomic E-state index is 0.330. The van der Waals surface area contributed by atoms with Gasteiger partial charge in [-0.25, -0.2) is 4.39 Å². The smallest absolute Gasteiger partial charge is 0.305 e. The van der Waals surface area contributed by atoms with E-state index in [1.54, 1.807) is 0 Å². The van der Waals surface area contributed by atoms with Gasteiger partial charge in [-0.3, -0.25) is 14.9 Å². The summed E-state index contributed by atoms with van der Waals surface area (Å²) in [4.78, 5) is 25.1. The number of carbonyl (C=O) groups excluding carboxylic acids is 1. The molecule has 6 nitrogen and oxygen atoms in total. The first kappa shape index (κ1) is 14.3. The maximum Gasteiger partial charge on any atom is 0.305 e. The van der Waals surface area contributed by atoms with E-state index >= 15 is 0 Å². The molecule has 1 aromatic rings. The van der Waals surface area contributed by atoms with E-state index in [2.05, 4.69) is 0 Å². The monoisotopic (exact) mass is 285 g/mol. The predicted molar refractivity (Wildman–Crippen MR) is 66.4 cm³/mol. The summed E-state index contributed by atoms with van der Waals surface area (Å²) in [6.45, 7) is 1.83. The van der Waals surface area contributed by atoms with Crippen molar-refractivity contribution in [2.45, 2.75) is 0 Å². The fourth-order valence-electron chi connectivity index (χ4n) is 2.05. The second-order valence-electron chi connectivity index (χ2n) is 4.61. The third-order valence-electron chi connectivity index (χ3n) is 3.27. The van der Waals surface area contributed by atoms with Gasteiger partial charge in [0.15, 0.2) is 0 Å². The molecule has 0 aromatic heterocycles. The first-order valence-corrected chi connectivity index (χ1v) is 6.02. The third-order valence-corrected chi connectivity index (χ3v) is 3.27. The van der Waals surface area contributed by atoms with E-state index in [4.69, 9.17) is 0 Å². The van der Waals surface area contributed by atoms with Gasteiger partial charge in [0.1, 0.15) is 11.4 Å². The zero-order chi connectivity index (χ0) is 14.9. The van der Waals surface area contributed by atoms with Crippen LogP contribution in [0.15, 0.2) is 12.1 Å². The van der Waals surface area contributed by atoms with Gasteiger partial charge in [-0.1, -0.05) is 0 Å². The number of benzene rings is 1. The molecule has 1 heterocycles. The van der Waals surface area contributed by atoms with E-state index in [0.29, 0.717) is 32.2 Å². The zero-order valence-electron chi connectivity index (χ0n) is 10.8. The number of carbonyl (C=O) groups is 1. The van der Waals surface area contributed by atoms with Crippen molar-refractivity contribution >= 4 is 11.6 Å². The maximum atomic E-state index is 13.9. The number of rotatable bonds is 2. The van der Waals surface area contributed by atoms with E-state index in [1.165, 1.54) is 4.90 Å². The summed E-state index contributed by atoms with van der Waals surface area (Å²) in [6.07, 6.45) is 0. The lowest BCUT2D eigenvalue weighted by Crippen LogP contribution is -2.47. The van der Waals surface area contributed by atoms with Crippen LogP contribution in [0.4, 0.5) is 14.5 Å². The summed E-state index contributed by atoms with van der Waals surface area (Å²) in [5.41, 5.74) is -1.76. The first-order chi connectivity index (χ1) is 9.41. The lowest BCUT2D eigenvalue weighted by Gasteiger charge is -2.32. The van der Waals surface area contributed by atoms with Crippen molar-refractivity contribution in [1.82, 2.24) is 9.80 Å². The van der Waals surface area contributed by atoms with Crippen molar-refractivity contribution in [2.75, 3.05) is 33.2 Å². The molecule has 1 amide bonds. The molecule has 1 aliphatic heterocycles. The standard InChI is InChI=1S/C12H13F2N3O3/c1-15-4-6-16(7-5-15)12(18)10-8(13)2-3-9(11(10)14)17(19)20/h2-3H,4-7H2,1H3. The number of nitrogens with zero attached hydrogens (tertiary/aromatic N) is 3. The van der Waals surface area contributed by atoms with E-state index in [9.17, 15) is 23.7 Å². The Morgan fingerprint density at radius 1 is 1.25 bits per heavy atom. The summed E-state index contributed by atoms with van der Waals surface area (Å²) in [5.74, 6) is -3.35. The van der Waals surface area contributed by atoms with Crippen LogP contribution in [0.5, 0.6) is 0 Å². The summed E-state index contributed by atoms with van der Waals surface area (Å²) < 4.78 is 27.6. The first-order valence-electron chi connectivity index (χ1n) is 6.02. The minimum atomic E-state index is -1.42. The summed E-state index contributed by atoms with van der Waals surface area (Å²) in [5, 5.41) is 10.6. The largest absolute Gasteiger partial charge is 0.336 e. The van der Waals surface area contributed by atoms with Gasteiger partial charge in [0.25, 0.3) is 5.91 Å². The van der Waals surface area contributed by atoms with Crippen LogP contribution in [-0.2, 0) is 0 Å². The van der Waals surface area contributed by atoms with E-state index in [1.807, 2.05) is 11.9 Å². The lowest BCUT2D eigenvalue weighted by atomic mass is 10.1. The van der Waals surface area contributed by atoms with Gasteiger partial charge >= 0.3 is 5.69 Å². The average Bonchev–Trinajstić information content (AvgIpc) is 2.38. The van der Waals surface area contributed by atoms with Crippen LogP contribution in [-0.4, -0.2) is 53.9 Å². The fraction of sp³-hybridized carbons (Fsp3) is 0.417. The number of nitro benzene ring substituents is 1. The average molecular weight is 285 g/mol. The van der Waals surface area contributed by atoms with Gasteiger partial charge < -0.3 is 9.80 Å². The number of amides is 1. The molecule has 108 valence electrons. The van der Waals surface area contributed by atoms with E-state index < -0.39 is 33.7 Å². The van der Waals surface area contributed by atoms with Crippen molar-refractivity contribution in [1.29, 1.82) is 0 Å². The fourth-order valence-corrected chi connectivity index (χ4v) is 2.05. The molecule has 0 atom stereocenters. The van der Waals surface area contributed by atoms with Gasteiger partial charge in [-0.2, -0.15) is 4.39 Å². The molecule has 0 N–H and O–H groups in total. The highest BCUT2D eigenvalue weighted by Gasteiger charge is 2.30. The van der Waals surface area contributed by atoms with Gasteiger partial charge in [0, 0.05) is 32.2 Å². The van der Waals surface area contributed by atoms with Crippen LogP contribution in [0.3, 0.4) is 0 Å². The van der Waals surface area contributed by atoms with Crippen LogP contribution < -0.4 is 0 Å². The Morgan fingerprint density at radius 2 is 1.85 bits per heavy atom. The predicted octanol–water partition coefficient (Wildman–Crippen LogP) is 1.26. The molecule has 1 fully saturated rings. The van der Waals surface area contributed by atoms with E-state index in [-0.39, 0.29) is 0 Å². The van der Waals surface area contributed by atoms with Crippen LogP contribution in [0.1, 0.15) is 10.4 Å². The zero-order valence-corrected chi connectivity index (χ0v) is 10.8. The number of nitro groups is 1. The number of hydrogen-bond acceptors (Lipinski definition) is 4. The Kier molecular flexibility index (Phi) is 3.93. The molecule has 8 heteroatoms. The highest BCUT2D eigenvalue weighted by atomic mass is 19.1. The summed E-state index contributed by atoms with van der Waals surface area (Å²) in [7, 11) is 1.87. The van der Waals surface area contributed by atoms with Crippen LogP contribution in [0, 0.1) is 21.7 Å². The highest BCUT2D eigenvalue weighted by Crippen LogP contribution is 2.24. The van der Waals surface area contributed by atoms with Crippen molar-refractivity contribution in [3.05, 3.63) is 39.4 Å². The highest BCUT2D eigenvalue weighted by molar-refractivity contribution is 5.95. The Hall–Kier alpha value is -2.09. The molecular formula is C12H13F2N3O3. The van der Waals surface area contributed by atoms with Crippen LogP contribution >= 0.6 is 0 Å². The van der Waals surface area contributed by atoms with Gasteiger partial charge in [0.05, 0.1) is 4.92 Å². The Bertz CT molecular complexity index is 557. The molecule has 0 bridgehead atoms. The normalized spacial score (nSPS) is 16.2. The number of piperazine rings is 1. The Labute approximate surface area is 113 Å². The maximum absolute atomic E-state index is 13.9. The SMILES string of the molecule is CN1CCN(C(=O)c2c(F)ccc([N+](=O)[O-])c2F)CC1. The number of halogens is 2. The second-order valence-corrected chi connectivity index (χ2v) is 4.61. The van der Waals surface area contributed by atoms with Crippen molar-refractivity contribution in [3.63, 3.8) is 0 Å². The number of likely N-dealkylation sites (N-methyl/N-ethyl adjacent to an activating group) is 1. The molecule has 1 saturated heterocycles. The quantitative estimate of drug-likeness (QED) is 0.606. The Morgan fingerprint density at radius 3 is 2.40 bits per heavy atom. The molecule has 1 aliphatic rings. The molecule has 2 rings (SSSR count). The number of hydrogen-bond donors (Lipinski definition) is 0. The minimum Gasteiger partial charge on any atom is -0.336 e. The molecule has 0 unspecified atom stereocenters. The van der Waals surface area contributed by atoms with Crippen molar-refractivity contribution in [3.8, 4) is 0 Å². The Balaban J connectivity index is 2.34.